The quantitative estimate of drug-likeness (QED) is 0.588. The largest absolute Gasteiger partial charge is 0.323 e. The van der Waals surface area contributed by atoms with Crippen LogP contribution in [0.15, 0.2) is 60.7 Å². The molecule has 0 bridgehead atoms. The zero-order valence-corrected chi connectivity index (χ0v) is 12.4. The summed E-state index contributed by atoms with van der Waals surface area (Å²) in [5.41, 5.74) is 2.62. The van der Waals surface area contributed by atoms with Crippen LogP contribution >= 0.6 is 0 Å². The molecule has 0 aliphatic carbocycles. The SMILES string of the molecule is O=[N+]([O-])c1cccc([C@H]2C=C(c3ccccc3)Nc3nnnn32)c1. The number of fused-ring (bicyclic) bond motifs is 1. The van der Waals surface area contributed by atoms with Gasteiger partial charge in [0.1, 0.15) is 6.04 Å². The first-order valence-corrected chi connectivity index (χ1v) is 7.29. The van der Waals surface area contributed by atoms with E-state index in [4.69, 9.17) is 0 Å². The second kappa shape index (κ2) is 5.58. The van der Waals surface area contributed by atoms with E-state index in [0.29, 0.717) is 5.95 Å². The smallest absolute Gasteiger partial charge is 0.269 e. The van der Waals surface area contributed by atoms with Crippen molar-refractivity contribution in [3.8, 4) is 0 Å². The molecule has 1 aliphatic rings. The normalized spacial score (nSPS) is 16.0. The molecular weight excluding hydrogens is 308 g/mol. The van der Waals surface area contributed by atoms with Crippen molar-refractivity contribution >= 4 is 17.3 Å². The molecule has 0 radical (unpaired) electrons. The Kier molecular flexibility index (Phi) is 3.27. The van der Waals surface area contributed by atoms with Crippen molar-refractivity contribution in [3.05, 3.63) is 81.9 Å². The Morgan fingerprint density at radius 2 is 1.96 bits per heavy atom. The zero-order chi connectivity index (χ0) is 16.5. The minimum Gasteiger partial charge on any atom is -0.323 e. The van der Waals surface area contributed by atoms with Crippen molar-refractivity contribution in [2.24, 2.45) is 0 Å². The summed E-state index contributed by atoms with van der Waals surface area (Å²) in [7, 11) is 0. The number of non-ortho nitro benzene ring substituents is 1. The van der Waals surface area contributed by atoms with Gasteiger partial charge in [0.15, 0.2) is 0 Å². The summed E-state index contributed by atoms with van der Waals surface area (Å²) in [6.45, 7) is 0. The number of allylic oxidation sites excluding steroid dienone is 1. The first-order valence-electron chi connectivity index (χ1n) is 7.29. The number of nitrogens with one attached hydrogen (secondary N) is 1. The van der Waals surface area contributed by atoms with Crippen LogP contribution in [-0.2, 0) is 0 Å². The molecule has 0 fully saturated rings. The second-order valence-electron chi connectivity index (χ2n) is 5.32. The first-order chi connectivity index (χ1) is 11.7. The van der Waals surface area contributed by atoms with Crippen LogP contribution in [0.5, 0.6) is 0 Å². The van der Waals surface area contributed by atoms with Gasteiger partial charge in [0.25, 0.3) is 5.69 Å². The van der Waals surface area contributed by atoms with Gasteiger partial charge in [-0.3, -0.25) is 10.1 Å². The minimum atomic E-state index is -0.410. The number of hydrogen-bond acceptors (Lipinski definition) is 6. The Bertz CT molecular complexity index is 935. The fraction of sp³-hybridized carbons (Fsp3) is 0.0625. The van der Waals surface area contributed by atoms with Gasteiger partial charge < -0.3 is 5.32 Å². The molecule has 8 heteroatoms. The van der Waals surface area contributed by atoms with E-state index in [1.165, 1.54) is 6.07 Å². The fourth-order valence-corrected chi connectivity index (χ4v) is 2.70. The highest BCUT2D eigenvalue weighted by Gasteiger charge is 2.25. The van der Waals surface area contributed by atoms with E-state index in [-0.39, 0.29) is 11.7 Å². The zero-order valence-electron chi connectivity index (χ0n) is 12.4. The number of rotatable bonds is 3. The number of nitrogens with zero attached hydrogens (tertiary/aromatic N) is 5. The van der Waals surface area contributed by atoms with Gasteiger partial charge in [0.05, 0.1) is 4.92 Å². The van der Waals surface area contributed by atoms with E-state index in [1.54, 1.807) is 16.8 Å². The molecule has 24 heavy (non-hydrogen) atoms. The molecule has 1 aliphatic heterocycles. The molecule has 0 saturated carbocycles. The third-order valence-corrected chi connectivity index (χ3v) is 3.83. The van der Waals surface area contributed by atoms with E-state index >= 15 is 0 Å². The number of nitro groups is 1. The van der Waals surface area contributed by atoms with Crippen LogP contribution in [0.2, 0.25) is 0 Å². The Balaban J connectivity index is 1.82. The Hall–Kier alpha value is -3.55. The minimum absolute atomic E-state index is 0.0373. The molecule has 1 N–H and O–H groups in total. The van der Waals surface area contributed by atoms with Gasteiger partial charge in [-0.1, -0.05) is 47.6 Å². The van der Waals surface area contributed by atoms with Gasteiger partial charge in [-0.25, -0.2) is 0 Å². The molecule has 3 aromatic rings. The second-order valence-corrected chi connectivity index (χ2v) is 5.32. The summed E-state index contributed by atoms with van der Waals surface area (Å²) < 4.78 is 1.60. The van der Waals surface area contributed by atoms with E-state index in [9.17, 15) is 10.1 Å². The molecule has 0 amide bonds. The van der Waals surface area contributed by atoms with Gasteiger partial charge >= 0.3 is 0 Å². The molecular formula is C16H12N6O2. The first kappa shape index (κ1) is 14.1. The molecule has 0 saturated heterocycles. The van der Waals surface area contributed by atoms with Crippen LogP contribution in [0, 0.1) is 10.1 Å². The molecule has 8 nitrogen and oxygen atoms in total. The number of anilines is 1. The van der Waals surface area contributed by atoms with Gasteiger partial charge in [-0.15, -0.1) is 0 Å². The number of nitro benzene ring substituents is 1. The van der Waals surface area contributed by atoms with E-state index in [0.717, 1.165) is 16.8 Å². The van der Waals surface area contributed by atoms with Crippen molar-refractivity contribution in [2.75, 3.05) is 5.32 Å². The summed E-state index contributed by atoms with van der Waals surface area (Å²) in [5, 5.41) is 25.9. The molecule has 0 unspecified atom stereocenters. The predicted molar refractivity (Wildman–Crippen MR) is 87.1 cm³/mol. The van der Waals surface area contributed by atoms with Crippen LogP contribution in [0.4, 0.5) is 11.6 Å². The molecule has 118 valence electrons. The van der Waals surface area contributed by atoms with Crippen LogP contribution in [0.1, 0.15) is 17.2 Å². The summed E-state index contributed by atoms with van der Waals surface area (Å²) in [5.74, 6) is 0.493. The number of tetrazole rings is 1. The van der Waals surface area contributed by atoms with E-state index < -0.39 is 4.92 Å². The molecule has 1 aromatic heterocycles. The third kappa shape index (κ3) is 2.39. The van der Waals surface area contributed by atoms with Gasteiger partial charge in [-0.2, -0.15) is 4.68 Å². The average molecular weight is 320 g/mol. The van der Waals surface area contributed by atoms with Crippen LogP contribution in [-0.4, -0.2) is 25.1 Å². The Morgan fingerprint density at radius 3 is 2.75 bits per heavy atom. The highest BCUT2D eigenvalue weighted by molar-refractivity contribution is 5.76. The maximum Gasteiger partial charge on any atom is 0.269 e. The lowest BCUT2D eigenvalue weighted by atomic mass is 10.0. The topological polar surface area (TPSA) is 98.8 Å². The van der Waals surface area contributed by atoms with Crippen molar-refractivity contribution < 1.29 is 4.92 Å². The molecule has 2 heterocycles. The van der Waals surface area contributed by atoms with Crippen molar-refractivity contribution in [2.45, 2.75) is 6.04 Å². The third-order valence-electron chi connectivity index (χ3n) is 3.83. The molecule has 2 aromatic carbocycles. The highest BCUT2D eigenvalue weighted by atomic mass is 16.6. The van der Waals surface area contributed by atoms with Crippen molar-refractivity contribution in [3.63, 3.8) is 0 Å². The number of benzene rings is 2. The molecule has 0 spiro atoms. The summed E-state index contributed by atoms with van der Waals surface area (Å²) in [4.78, 5) is 10.6. The van der Waals surface area contributed by atoms with E-state index in [1.807, 2.05) is 42.5 Å². The molecule has 4 rings (SSSR count). The summed E-state index contributed by atoms with van der Waals surface area (Å²) in [6, 6.07) is 15.9. The van der Waals surface area contributed by atoms with Crippen molar-refractivity contribution in [1.82, 2.24) is 20.2 Å². The maximum atomic E-state index is 11.0. The van der Waals surface area contributed by atoms with Crippen molar-refractivity contribution in [1.29, 1.82) is 0 Å². The summed E-state index contributed by atoms with van der Waals surface area (Å²) in [6.07, 6.45) is 1.96. The monoisotopic (exact) mass is 320 g/mol. The number of hydrogen-bond donors (Lipinski definition) is 1. The lowest BCUT2D eigenvalue weighted by molar-refractivity contribution is -0.384. The highest BCUT2D eigenvalue weighted by Crippen LogP contribution is 2.32. The number of aromatic nitrogens is 4. The average Bonchev–Trinajstić information content (AvgIpc) is 3.10. The standard InChI is InChI=1S/C16H12N6O2/c23-22(24)13-8-4-7-12(9-13)15-10-14(11-5-2-1-3-6-11)17-16-18-19-20-21(15)16/h1-10,15H,(H,17,18,20)/t15-/m1/s1. The van der Waals surface area contributed by atoms with Gasteiger partial charge in [0.2, 0.25) is 5.95 Å². The van der Waals surface area contributed by atoms with Crippen LogP contribution in [0.25, 0.3) is 5.70 Å². The maximum absolute atomic E-state index is 11.0. The van der Waals surface area contributed by atoms with E-state index in [2.05, 4.69) is 20.8 Å². The van der Waals surface area contributed by atoms with Gasteiger partial charge in [0, 0.05) is 17.8 Å². The Morgan fingerprint density at radius 1 is 1.12 bits per heavy atom. The predicted octanol–water partition coefficient (Wildman–Crippen LogP) is 2.64. The van der Waals surface area contributed by atoms with Crippen LogP contribution in [0.3, 0.4) is 0 Å². The van der Waals surface area contributed by atoms with Gasteiger partial charge in [-0.05, 0) is 27.6 Å². The lowest BCUT2D eigenvalue weighted by Crippen LogP contribution is -2.20. The lowest BCUT2D eigenvalue weighted by Gasteiger charge is -2.23. The molecule has 1 atom stereocenters. The summed E-state index contributed by atoms with van der Waals surface area (Å²) >= 11 is 0. The fourth-order valence-electron chi connectivity index (χ4n) is 2.70. The van der Waals surface area contributed by atoms with Crippen LogP contribution < -0.4 is 5.32 Å². The Labute approximate surface area is 136 Å².